The van der Waals surface area contributed by atoms with Gasteiger partial charge in [0.1, 0.15) is 0 Å². The molecule has 0 aliphatic heterocycles. The summed E-state index contributed by atoms with van der Waals surface area (Å²) in [6, 6.07) is 0.526. The van der Waals surface area contributed by atoms with E-state index in [1.165, 1.54) is 0 Å². The maximum absolute atomic E-state index is 9.64. The molecule has 0 heterocycles. The van der Waals surface area contributed by atoms with Crippen molar-refractivity contribution in [3.05, 3.63) is 12.7 Å². The van der Waals surface area contributed by atoms with Gasteiger partial charge in [-0.1, -0.05) is 19.9 Å². The first kappa shape index (κ1) is 18.0. The van der Waals surface area contributed by atoms with Crippen molar-refractivity contribution in [2.75, 3.05) is 0 Å². The van der Waals surface area contributed by atoms with E-state index in [0.717, 1.165) is 0 Å². The molecule has 0 spiro atoms. The lowest BCUT2D eigenvalue weighted by Crippen LogP contribution is -2.41. The number of carbonyl (C=O) groups is 2. The maximum atomic E-state index is 9.64. The lowest BCUT2D eigenvalue weighted by Gasteiger charge is -2.24. The van der Waals surface area contributed by atoms with Crippen molar-refractivity contribution in [1.29, 1.82) is 0 Å². The van der Waals surface area contributed by atoms with E-state index < -0.39 is 11.9 Å². The smallest absolute Gasteiger partial charge is 0.303 e. The van der Waals surface area contributed by atoms with Crippen molar-refractivity contribution in [2.45, 2.75) is 52.1 Å². The average molecular weight is 245 g/mol. The van der Waals surface area contributed by atoms with Gasteiger partial charge in [0.2, 0.25) is 0 Å². The fraction of sp³-hybridized carbons (Fsp3) is 0.667. The van der Waals surface area contributed by atoms with Gasteiger partial charge < -0.3 is 15.5 Å². The van der Waals surface area contributed by atoms with Crippen molar-refractivity contribution in [1.82, 2.24) is 5.32 Å². The van der Waals surface area contributed by atoms with Crippen molar-refractivity contribution in [2.24, 2.45) is 0 Å². The van der Waals surface area contributed by atoms with E-state index in [2.05, 4.69) is 39.6 Å². The molecule has 0 aliphatic carbocycles. The van der Waals surface area contributed by atoms with Crippen LogP contribution in [0.5, 0.6) is 0 Å². The maximum Gasteiger partial charge on any atom is 0.303 e. The van der Waals surface area contributed by atoms with Gasteiger partial charge in [-0.15, -0.1) is 6.58 Å². The van der Waals surface area contributed by atoms with Crippen molar-refractivity contribution in [3.63, 3.8) is 0 Å². The Morgan fingerprint density at radius 1 is 1.24 bits per heavy atom. The third kappa shape index (κ3) is 17.3. The first-order valence-electron chi connectivity index (χ1n) is 5.45. The average Bonchev–Trinajstić information content (AvgIpc) is 2.14. The second-order valence-electron chi connectivity index (χ2n) is 4.51. The minimum Gasteiger partial charge on any atom is -0.481 e. The summed E-state index contributed by atoms with van der Waals surface area (Å²) in [5, 5.41) is 19.1. The molecule has 0 atom stereocenters. The summed E-state index contributed by atoms with van der Waals surface area (Å²) >= 11 is 0. The molecule has 5 nitrogen and oxygen atoms in total. The zero-order valence-corrected chi connectivity index (χ0v) is 11.0. The monoisotopic (exact) mass is 245 g/mol. The Kier molecular flexibility index (Phi) is 9.28. The van der Waals surface area contributed by atoms with Crippen LogP contribution in [-0.2, 0) is 9.59 Å². The van der Waals surface area contributed by atoms with Crippen molar-refractivity contribution >= 4 is 11.9 Å². The van der Waals surface area contributed by atoms with Crippen LogP contribution in [0.2, 0.25) is 0 Å². The third-order valence-corrected chi connectivity index (χ3v) is 1.72. The quantitative estimate of drug-likeness (QED) is 0.622. The normalized spacial score (nSPS) is 10.4. The standard InChI is InChI=1S/C8H17N.C4H6O4/c1-6-8(4,5)9-7(2)3;5-3(6)1-2-4(7)8/h6-7,9H,1H2,2-5H3;1-2H2,(H,5,6)(H,7,8). The number of carboxylic acids is 2. The van der Waals surface area contributed by atoms with Gasteiger partial charge in [0, 0.05) is 11.6 Å². The van der Waals surface area contributed by atoms with Crippen LogP contribution >= 0.6 is 0 Å². The summed E-state index contributed by atoms with van der Waals surface area (Å²) in [6.45, 7) is 12.2. The fourth-order valence-corrected chi connectivity index (χ4v) is 1.02. The molecule has 0 aromatic heterocycles. The molecule has 5 heteroatoms. The highest BCUT2D eigenvalue weighted by Gasteiger charge is 2.11. The zero-order chi connectivity index (χ0) is 14.1. The SMILES string of the molecule is C=CC(C)(C)NC(C)C.O=C(O)CCC(=O)O. The zero-order valence-electron chi connectivity index (χ0n) is 11.0. The van der Waals surface area contributed by atoms with Crippen LogP contribution in [-0.4, -0.2) is 33.7 Å². The van der Waals surface area contributed by atoms with Crippen LogP contribution in [0.1, 0.15) is 40.5 Å². The number of hydrogen-bond acceptors (Lipinski definition) is 3. The van der Waals surface area contributed by atoms with E-state index in [1.54, 1.807) is 0 Å². The highest BCUT2D eigenvalue weighted by atomic mass is 16.4. The minimum absolute atomic E-state index is 0.0775. The first-order chi connectivity index (χ1) is 7.60. The van der Waals surface area contributed by atoms with E-state index in [9.17, 15) is 9.59 Å². The van der Waals surface area contributed by atoms with Crippen LogP contribution in [0.3, 0.4) is 0 Å². The number of aliphatic carboxylic acids is 2. The second kappa shape index (κ2) is 8.75. The van der Waals surface area contributed by atoms with Crippen LogP contribution < -0.4 is 5.32 Å². The number of carboxylic acid groups (broad SMARTS) is 2. The van der Waals surface area contributed by atoms with E-state index in [-0.39, 0.29) is 18.4 Å². The fourth-order valence-electron chi connectivity index (χ4n) is 1.02. The Balaban J connectivity index is 0. The molecule has 0 saturated heterocycles. The van der Waals surface area contributed by atoms with Gasteiger partial charge in [-0.3, -0.25) is 9.59 Å². The van der Waals surface area contributed by atoms with E-state index in [4.69, 9.17) is 10.2 Å². The molecule has 0 aromatic rings. The van der Waals surface area contributed by atoms with E-state index >= 15 is 0 Å². The van der Waals surface area contributed by atoms with E-state index in [0.29, 0.717) is 6.04 Å². The Labute approximate surface area is 103 Å². The molecule has 0 bridgehead atoms. The molecule has 0 radical (unpaired) electrons. The summed E-state index contributed by atoms with van der Waals surface area (Å²) in [7, 11) is 0. The first-order valence-corrected chi connectivity index (χ1v) is 5.45. The number of hydrogen-bond donors (Lipinski definition) is 3. The lowest BCUT2D eigenvalue weighted by atomic mass is 10.1. The van der Waals surface area contributed by atoms with Gasteiger partial charge in [0.25, 0.3) is 0 Å². The lowest BCUT2D eigenvalue weighted by molar-refractivity contribution is -0.143. The van der Waals surface area contributed by atoms with Gasteiger partial charge in [0.05, 0.1) is 12.8 Å². The molecular formula is C12H23NO4. The topological polar surface area (TPSA) is 86.6 Å². The highest BCUT2D eigenvalue weighted by molar-refractivity contribution is 5.75. The Hall–Kier alpha value is -1.36. The molecule has 100 valence electrons. The summed E-state index contributed by atoms with van der Waals surface area (Å²) in [5.74, 6) is -2.15. The summed E-state index contributed by atoms with van der Waals surface area (Å²) in [6.07, 6.45) is 1.33. The Morgan fingerprint density at radius 3 is 1.71 bits per heavy atom. The Morgan fingerprint density at radius 2 is 1.59 bits per heavy atom. The van der Waals surface area contributed by atoms with Gasteiger partial charge in [-0.25, -0.2) is 0 Å². The van der Waals surface area contributed by atoms with Crippen LogP contribution in [0.15, 0.2) is 12.7 Å². The molecular weight excluding hydrogens is 222 g/mol. The molecule has 0 saturated carbocycles. The van der Waals surface area contributed by atoms with Crippen LogP contribution in [0, 0.1) is 0 Å². The van der Waals surface area contributed by atoms with Crippen molar-refractivity contribution < 1.29 is 19.8 Å². The number of nitrogens with one attached hydrogen (secondary N) is 1. The molecule has 0 amide bonds. The molecule has 0 aromatic carbocycles. The van der Waals surface area contributed by atoms with Gasteiger partial charge in [0.15, 0.2) is 0 Å². The largest absolute Gasteiger partial charge is 0.481 e. The van der Waals surface area contributed by atoms with E-state index in [1.807, 2.05) is 6.08 Å². The van der Waals surface area contributed by atoms with Gasteiger partial charge in [-0.2, -0.15) is 0 Å². The summed E-state index contributed by atoms with van der Waals surface area (Å²) in [5.41, 5.74) is 0.0775. The third-order valence-electron chi connectivity index (χ3n) is 1.72. The molecule has 3 N–H and O–H groups in total. The Bertz CT molecular complexity index is 245. The second-order valence-corrected chi connectivity index (χ2v) is 4.51. The van der Waals surface area contributed by atoms with Crippen LogP contribution in [0.25, 0.3) is 0 Å². The predicted octanol–water partition coefficient (Wildman–Crippen LogP) is 1.88. The molecule has 0 aliphatic rings. The van der Waals surface area contributed by atoms with Crippen molar-refractivity contribution in [3.8, 4) is 0 Å². The highest BCUT2D eigenvalue weighted by Crippen LogP contribution is 2.03. The minimum atomic E-state index is -1.08. The molecule has 17 heavy (non-hydrogen) atoms. The number of rotatable bonds is 6. The van der Waals surface area contributed by atoms with Crippen LogP contribution in [0.4, 0.5) is 0 Å². The van der Waals surface area contributed by atoms with Gasteiger partial charge >= 0.3 is 11.9 Å². The molecule has 0 fully saturated rings. The van der Waals surface area contributed by atoms with Gasteiger partial charge in [-0.05, 0) is 13.8 Å². The summed E-state index contributed by atoms with van der Waals surface area (Å²) < 4.78 is 0. The predicted molar refractivity (Wildman–Crippen MR) is 67.1 cm³/mol. The molecule has 0 unspecified atom stereocenters. The summed E-state index contributed by atoms with van der Waals surface area (Å²) in [4.78, 5) is 19.3. The molecule has 0 rings (SSSR count).